The third-order valence-electron chi connectivity index (χ3n) is 3.02. The molecule has 1 rings (SSSR count). The van der Waals surface area contributed by atoms with Crippen LogP contribution in [0.1, 0.15) is 35.6 Å². The lowest BCUT2D eigenvalue weighted by Crippen LogP contribution is -2.19. The van der Waals surface area contributed by atoms with Crippen LogP contribution < -0.4 is 5.32 Å². The summed E-state index contributed by atoms with van der Waals surface area (Å²) in [6, 6.07) is 3.69. The minimum atomic E-state index is -0.112. The van der Waals surface area contributed by atoms with Crippen LogP contribution in [0.2, 0.25) is 0 Å². The lowest BCUT2D eigenvalue weighted by molar-refractivity contribution is 0.189. The van der Waals surface area contributed by atoms with Crippen molar-refractivity contribution in [1.29, 1.82) is 0 Å². The fourth-order valence-electron chi connectivity index (χ4n) is 2.23. The fourth-order valence-corrected chi connectivity index (χ4v) is 2.23. The molecule has 0 bridgehead atoms. The van der Waals surface area contributed by atoms with Crippen molar-refractivity contribution in [2.75, 3.05) is 20.8 Å². The summed E-state index contributed by atoms with van der Waals surface area (Å²) in [6.07, 6.45) is 1.81. The van der Waals surface area contributed by atoms with Crippen molar-refractivity contribution in [2.45, 2.75) is 32.7 Å². The molecule has 0 fully saturated rings. The van der Waals surface area contributed by atoms with E-state index in [1.54, 1.807) is 13.2 Å². The molecule has 1 aromatic carbocycles. The number of rotatable bonds is 6. The van der Waals surface area contributed by atoms with E-state index in [-0.39, 0.29) is 11.9 Å². The van der Waals surface area contributed by atoms with E-state index in [0.717, 1.165) is 29.5 Å². The second kappa shape index (κ2) is 6.72. The summed E-state index contributed by atoms with van der Waals surface area (Å²) >= 11 is 0. The Morgan fingerprint density at radius 3 is 2.59 bits per heavy atom. The maximum absolute atomic E-state index is 14.0. The summed E-state index contributed by atoms with van der Waals surface area (Å²) in [5, 5.41) is 3.18. The van der Waals surface area contributed by atoms with E-state index in [1.807, 2.05) is 27.0 Å². The highest BCUT2D eigenvalue weighted by Crippen LogP contribution is 2.25. The largest absolute Gasteiger partial charge is 0.385 e. The molecule has 1 N–H and O–H groups in total. The number of benzene rings is 1. The van der Waals surface area contributed by atoms with Gasteiger partial charge in [-0.3, -0.25) is 0 Å². The van der Waals surface area contributed by atoms with Gasteiger partial charge in [0, 0.05) is 25.3 Å². The Hall–Kier alpha value is -0.930. The highest BCUT2D eigenvalue weighted by atomic mass is 19.1. The summed E-state index contributed by atoms with van der Waals surface area (Å²) in [4.78, 5) is 0. The van der Waals surface area contributed by atoms with Gasteiger partial charge in [-0.05, 0) is 50.9 Å². The molecule has 0 aromatic heterocycles. The summed E-state index contributed by atoms with van der Waals surface area (Å²) in [6.45, 7) is 4.59. The summed E-state index contributed by atoms with van der Waals surface area (Å²) in [5.41, 5.74) is 2.77. The number of halogens is 1. The highest BCUT2D eigenvalue weighted by Gasteiger charge is 2.16. The predicted octanol–water partition coefficient (Wildman–Crippen LogP) is 3.13. The smallest absolute Gasteiger partial charge is 0.128 e. The molecule has 0 heterocycles. The van der Waals surface area contributed by atoms with Gasteiger partial charge < -0.3 is 10.1 Å². The minimum Gasteiger partial charge on any atom is -0.385 e. The van der Waals surface area contributed by atoms with Gasteiger partial charge in [-0.2, -0.15) is 0 Å². The molecule has 0 aliphatic carbocycles. The van der Waals surface area contributed by atoms with Crippen LogP contribution in [0.4, 0.5) is 4.39 Å². The zero-order valence-electron chi connectivity index (χ0n) is 11.1. The first kappa shape index (κ1) is 14.1. The van der Waals surface area contributed by atoms with E-state index in [4.69, 9.17) is 4.74 Å². The Labute approximate surface area is 103 Å². The first-order chi connectivity index (χ1) is 8.10. The molecule has 17 heavy (non-hydrogen) atoms. The molecule has 96 valence electrons. The van der Waals surface area contributed by atoms with Gasteiger partial charge in [0.2, 0.25) is 0 Å². The van der Waals surface area contributed by atoms with E-state index < -0.39 is 0 Å². The van der Waals surface area contributed by atoms with Crippen molar-refractivity contribution in [3.05, 3.63) is 34.6 Å². The van der Waals surface area contributed by atoms with Crippen LogP contribution in [-0.4, -0.2) is 20.8 Å². The molecule has 0 saturated heterocycles. The summed E-state index contributed by atoms with van der Waals surface area (Å²) in [5.74, 6) is -0.112. The molecule has 0 saturated carbocycles. The van der Waals surface area contributed by atoms with Crippen LogP contribution in [0.5, 0.6) is 0 Å². The fraction of sp³-hybridized carbons (Fsp3) is 0.571. The SMILES string of the molecule is CNC(CCCOC)c1c(C)cc(C)cc1F. The van der Waals surface area contributed by atoms with Crippen molar-refractivity contribution in [3.63, 3.8) is 0 Å². The zero-order valence-corrected chi connectivity index (χ0v) is 11.1. The van der Waals surface area contributed by atoms with Crippen molar-refractivity contribution >= 4 is 0 Å². The van der Waals surface area contributed by atoms with Gasteiger partial charge in [0.1, 0.15) is 5.82 Å². The number of ether oxygens (including phenoxy) is 1. The summed E-state index contributed by atoms with van der Waals surface area (Å²) in [7, 11) is 3.56. The number of methoxy groups -OCH3 is 1. The molecule has 3 heteroatoms. The van der Waals surface area contributed by atoms with E-state index in [2.05, 4.69) is 5.32 Å². The molecule has 1 unspecified atom stereocenters. The van der Waals surface area contributed by atoms with Crippen molar-refractivity contribution in [3.8, 4) is 0 Å². The molecule has 2 nitrogen and oxygen atoms in total. The highest BCUT2D eigenvalue weighted by molar-refractivity contribution is 5.34. The Balaban J connectivity index is 2.87. The van der Waals surface area contributed by atoms with E-state index in [9.17, 15) is 4.39 Å². The lowest BCUT2D eigenvalue weighted by atomic mass is 9.95. The lowest BCUT2D eigenvalue weighted by Gasteiger charge is -2.20. The Bertz CT molecular complexity index is 342. The van der Waals surface area contributed by atoms with Crippen molar-refractivity contribution < 1.29 is 9.13 Å². The number of hydrogen-bond donors (Lipinski definition) is 1. The van der Waals surface area contributed by atoms with Gasteiger partial charge in [0.05, 0.1) is 0 Å². The average molecular weight is 239 g/mol. The van der Waals surface area contributed by atoms with Gasteiger partial charge in [-0.15, -0.1) is 0 Å². The molecular formula is C14H22FNO. The van der Waals surface area contributed by atoms with Crippen LogP contribution in [0, 0.1) is 19.7 Å². The van der Waals surface area contributed by atoms with Crippen LogP contribution >= 0.6 is 0 Å². The minimum absolute atomic E-state index is 0.0609. The van der Waals surface area contributed by atoms with Gasteiger partial charge in [-0.25, -0.2) is 4.39 Å². The average Bonchev–Trinajstić information content (AvgIpc) is 2.25. The number of aryl methyl sites for hydroxylation is 2. The van der Waals surface area contributed by atoms with Crippen LogP contribution in [0.15, 0.2) is 12.1 Å². The van der Waals surface area contributed by atoms with Gasteiger partial charge in [0.15, 0.2) is 0 Å². The third kappa shape index (κ3) is 3.79. The van der Waals surface area contributed by atoms with Gasteiger partial charge in [0.25, 0.3) is 0 Å². The Kier molecular flexibility index (Phi) is 5.59. The molecule has 0 amide bonds. The van der Waals surface area contributed by atoms with Crippen molar-refractivity contribution in [1.82, 2.24) is 5.32 Å². The van der Waals surface area contributed by atoms with Crippen molar-refractivity contribution in [2.24, 2.45) is 0 Å². The predicted molar refractivity (Wildman–Crippen MR) is 68.8 cm³/mol. The molecule has 0 aliphatic rings. The Morgan fingerprint density at radius 2 is 2.06 bits per heavy atom. The monoisotopic (exact) mass is 239 g/mol. The van der Waals surface area contributed by atoms with E-state index in [0.29, 0.717) is 6.61 Å². The molecule has 1 aromatic rings. The standard InChI is InChI=1S/C14H22FNO/c1-10-8-11(2)14(12(15)9-10)13(16-3)6-5-7-17-4/h8-9,13,16H,5-7H2,1-4H3. The van der Waals surface area contributed by atoms with Gasteiger partial charge >= 0.3 is 0 Å². The second-order valence-corrected chi connectivity index (χ2v) is 4.45. The quantitative estimate of drug-likeness (QED) is 0.770. The molecule has 0 aliphatic heterocycles. The second-order valence-electron chi connectivity index (χ2n) is 4.45. The maximum Gasteiger partial charge on any atom is 0.128 e. The molecular weight excluding hydrogens is 217 g/mol. The van der Waals surface area contributed by atoms with E-state index in [1.165, 1.54) is 0 Å². The Morgan fingerprint density at radius 1 is 1.35 bits per heavy atom. The first-order valence-electron chi connectivity index (χ1n) is 6.03. The van der Waals surface area contributed by atoms with E-state index >= 15 is 0 Å². The van der Waals surface area contributed by atoms with Crippen LogP contribution in [0.25, 0.3) is 0 Å². The summed E-state index contributed by atoms with van der Waals surface area (Å²) < 4.78 is 19.0. The molecule has 0 radical (unpaired) electrons. The normalized spacial score (nSPS) is 12.8. The first-order valence-corrected chi connectivity index (χ1v) is 6.03. The number of hydrogen-bond acceptors (Lipinski definition) is 2. The zero-order chi connectivity index (χ0) is 12.8. The van der Waals surface area contributed by atoms with Crippen LogP contribution in [-0.2, 0) is 4.74 Å². The van der Waals surface area contributed by atoms with Crippen LogP contribution in [0.3, 0.4) is 0 Å². The molecule has 0 spiro atoms. The third-order valence-corrected chi connectivity index (χ3v) is 3.02. The number of nitrogens with one attached hydrogen (secondary N) is 1. The maximum atomic E-state index is 14.0. The van der Waals surface area contributed by atoms with Gasteiger partial charge in [-0.1, -0.05) is 6.07 Å². The topological polar surface area (TPSA) is 21.3 Å². The molecule has 1 atom stereocenters.